The Morgan fingerprint density at radius 2 is 2.25 bits per heavy atom. The van der Waals surface area contributed by atoms with Crippen molar-refractivity contribution in [1.29, 1.82) is 0 Å². The number of rotatable bonds is 2. The van der Waals surface area contributed by atoms with Crippen molar-refractivity contribution in [3.63, 3.8) is 0 Å². The first-order chi connectivity index (χ1) is 5.65. The topological polar surface area (TPSA) is 101 Å². The summed E-state index contributed by atoms with van der Waals surface area (Å²) in [6, 6.07) is 3.75. The molecular weight excluding hydrogens is 162 g/mol. The molecule has 0 aromatic heterocycles. The van der Waals surface area contributed by atoms with Gasteiger partial charge in [0.1, 0.15) is 0 Å². The van der Waals surface area contributed by atoms with Gasteiger partial charge in [0.2, 0.25) is 0 Å². The molecule has 4 N–H and O–H groups in total. The van der Waals surface area contributed by atoms with E-state index in [2.05, 4.69) is 5.43 Å². The van der Waals surface area contributed by atoms with Crippen LogP contribution in [0.15, 0.2) is 18.2 Å². The van der Waals surface area contributed by atoms with Gasteiger partial charge in [-0.15, -0.1) is 0 Å². The number of benzene rings is 1. The molecule has 1 aromatic rings. The van der Waals surface area contributed by atoms with E-state index in [0.29, 0.717) is 5.69 Å². The molecule has 64 valence electrons. The summed E-state index contributed by atoms with van der Waals surface area (Å²) >= 11 is 0. The van der Waals surface area contributed by atoms with Crippen LogP contribution in [0.4, 0.5) is 11.4 Å². The van der Waals surface area contributed by atoms with E-state index in [1.54, 1.807) is 0 Å². The third-order valence-electron chi connectivity index (χ3n) is 1.34. The first-order valence-corrected chi connectivity index (χ1v) is 3.09. The summed E-state index contributed by atoms with van der Waals surface area (Å²) in [7, 11) is 0. The van der Waals surface area contributed by atoms with Gasteiger partial charge in [0.05, 0.1) is 10.6 Å². The zero-order valence-corrected chi connectivity index (χ0v) is 6.02. The van der Waals surface area contributed by atoms with Crippen LogP contribution in [0, 0.1) is 10.1 Å². The van der Waals surface area contributed by atoms with E-state index >= 15 is 0 Å². The Labute approximate surface area is 67.7 Å². The molecule has 0 fully saturated rings. The maximum atomic E-state index is 10.2. The van der Waals surface area contributed by atoms with Gasteiger partial charge < -0.3 is 10.5 Å². The van der Waals surface area contributed by atoms with Gasteiger partial charge in [-0.05, 0) is 6.07 Å². The second-order valence-corrected chi connectivity index (χ2v) is 2.10. The summed E-state index contributed by atoms with van der Waals surface area (Å²) in [5.41, 5.74) is 2.33. The molecule has 12 heavy (non-hydrogen) atoms. The smallest absolute Gasteiger partial charge is 0.310 e. The van der Waals surface area contributed by atoms with Crippen molar-refractivity contribution in [1.82, 2.24) is 0 Å². The summed E-state index contributed by atoms with van der Waals surface area (Å²) in [4.78, 5) is 9.54. The lowest BCUT2D eigenvalue weighted by Gasteiger charge is -1.99. The zero-order chi connectivity index (χ0) is 9.14. The van der Waals surface area contributed by atoms with Crippen LogP contribution in [-0.4, -0.2) is 10.0 Å². The summed E-state index contributed by atoms with van der Waals surface area (Å²) < 4.78 is 0. The van der Waals surface area contributed by atoms with Crippen LogP contribution in [0.25, 0.3) is 0 Å². The molecular formula is C6H7N3O3. The van der Waals surface area contributed by atoms with E-state index < -0.39 is 10.7 Å². The van der Waals surface area contributed by atoms with Crippen LogP contribution < -0.4 is 11.3 Å². The van der Waals surface area contributed by atoms with Gasteiger partial charge in [0.15, 0.2) is 5.75 Å². The van der Waals surface area contributed by atoms with E-state index in [1.165, 1.54) is 18.2 Å². The first-order valence-electron chi connectivity index (χ1n) is 3.09. The van der Waals surface area contributed by atoms with Crippen molar-refractivity contribution < 1.29 is 10.0 Å². The molecule has 0 saturated heterocycles. The Hall–Kier alpha value is -1.82. The minimum atomic E-state index is -0.671. The number of phenolic OH excluding ortho intramolecular Hbond substituents is 1. The normalized spacial score (nSPS) is 9.42. The number of hydrogen-bond acceptors (Lipinski definition) is 5. The molecule has 0 aliphatic rings. The highest BCUT2D eigenvalue weighted by Gasteiger charge is 2.11. The Morgan fingerprint density at radius 3 is 2.67 bits per heavy atom. The number of nitro groups is 1. The monoisotopic (exact) mass is 169 g/mol. The van der Waals surface area contributed by atoms with Crippen molar-refractivity contribution in [3.05, 3.63) is 28.3 Å². The highest BCUT2D eigenvalue weighted by Crippen LogP contribution is 2.27. The molecule has 1 aromatic carbocycles. The first kappa shape index (κ1) is 8.28. The van der Waals surface area contributed by atoms with Crippen LogP contribution in [0.2, 0.25) is 0 Å². The summed E-state index contributed by atoms with van der Waals surface area (Å²) in [6.45, 7) is 0. The van der Waals surface area contributed by atoms with Crippen molar-refractivity contribution >= 4 is 11.4 Å². The highest BCUT2D eigenvalue weighted by molar-refractivity contribution is 5.56. The molecule has 0 atom stereocenters. The molecule has 6 heteroatoms. The SMILES string of the molecule is NNc1ccc([N+](=O)[O-])c(O)c1. The van der Waals surface area contributed by atoms with Crippen molar-refractivity contribution in [2.75, 3.05) is 5.43 Å². The standard InChI is InChI=1S/C6H7N3O3/c7-8-4-1-2-5(9(11)12)6(10)3-4/h1-3,8,10H,7H2. The number of hydrogen-bond donors (Lipinski definition) is 3. The van der Waals surface area contributed by atoms with Crippen LogP contribution in [0.3, 0.4) is 0 Å². The second-order valence-electron chi connectivity index (χ2n) is 2.10. The van der Waals surface area contributed by atoms with Crippen LogP contribution in [-0.2, 0) is 0 Å². The third kappa shape index (κ3) is 1.43. The predicted molar refractivity (Wildman–Crippen MR) is 42.6 cm³/mol. The van der Waals surface area contributed by atoms with Crippen LogP contribution >= 0.6 is 0 Å². The van der Waals surface area contributed by atoms with E-state index in [0.717, 1.165) is 0 Å². The van der Waals surface area contributed by atoms with Gasteiger partial charge in [-0.1, -0.05) is 0 Å². The second kappa shape index (κ2) is 3.05. The van der Waals surface area contributed by atoms with Crippen LogP contribution in [0.1, 0.15) is 0 Å². The Bertz CT molecular complexity index is 313. The lowest BCUT2D eigenvalue weighted by molar-refractivity contribution is -0.385. The Morgan fingerprint density at radius 1 is 1.58 bits per heavy atom. The number of aromatic hydroxyl groups is 1. The van der Waals surface area contributed by atoms with Crippen molar-refractivity contribution in [3.8, 4) is 5.75 Å². The van der Waals surface area contributed by atoms with Gasteiger partial charge in [-0.25, -0.2) is 0 Å². The van der Waals surface area contributed by atoms with Crippen molar-refractivity contribution in [2.45, 2.75) is 0 Å². The lowest BCUT2D eigenvalue weighted by atomic mass is 10.2. The molecule has 6 nitrogen and oxygen atoms in total. The van der Waals surface area contributed by atoms with E-state index in [1.807, 2.05) is 0 Å². The molecule has 0 radical (unpaired) electrons. The lowest BCUT2D eigenvalue weighted by Crippen LogP contribution is -2.06. The number of anilines is 1. The fourth-order valence-corrected chi connectivity index (χ4v) is 0.768. The fourth-order valence-electron chi connectivity index (χ4n) is 0.768. The Kier molecular flexibility index (Phi) is 2.11. The van der Waals surface area contributed by atoms with Gasteiger partial charge >= 0.3 is 5.69 Å². The largest absolute Gasteiger partial charge is 0.502 e. The average Bonchev–Trinajstić information content (AvgIpc) is 2.03. The number of phenols is 1. The molecule has 0 aliphatic heterocycles. The van der Waals surface area contributed by atoms with Gasteiger partial charge in [-0.2, -0.15) is 0 Å². The fraction of sp³-hybridized carbons (Fsp3) is 0. The number of nitrogens with one attached hydrogen (secondary N) is 1. The van der Waals surface area contributed by atoms with Gasteiger partial charge in [0, 0.05) is 12.1 Å². The number of nitrogen functional groups attached to an aromatic ring is 1. The summed E-state index contributed by atoms with van der Waals surface area (Å²) in [5, 5.41) is 19.3. The highest BCUT2D eigenvalue weighted by atomic mass is 16.6. The molecule has 0 aliphatic carbocycles. The third-order valence-corrected chi connectivity index (χ3v) is 1.34. The molecule has 0 amide bonds. The molecule has 0 bridgehead atoms. The summed E-state index contributed by atoms with van der Waals surface area (Å²) in [6.07, 6.45) is 0. The minimum absolute atomic E-state index is 0.339. The maximum absolute atomic E-state index is 10.2. The van der Waals surface area contributed by atoms with E-state index in [4.69, 9.17) is 10.9 Å². The zero-order valence-electron chi connectivity index (χ0n) is 6.02. The quantitative estimate of drug-likeness (QED) is 0.341. The molecule has 1 rings (SSSR count). The van der Waals surface area contributed by atoms with Crippen LogP contribution in [0.5, 0.6) is 5.75 Å². The molecule has 0 heterocycles. The maximum Gasteiger partial charge on any atom is 0.310 e. The predicted octanol–water partition coefficient (Wildman–Crippen LogP) is 0.586. The molecule has 0 saturated carbocycles. The van der Waals surface area contributed by atoms with Crippen molar-refractivity contribution in [2.24, 2.45) is 5.84 Å². The van der Waals surface area contributed by atoms with Gasteiger partial charge in [0.25, 0.3) is 0 Å². The number of nitro benzene ring substituents is 1. The number of hydrazine groups is 1. The number of nitrogens with zero attached hydrogens (tertiary/aromatic N) is 1. The van der Waals surface area contributed by atoms with Gasteiger partial charge in [-0.3, -0.25) is 16.0 Å². The van der Waals surface area contributed by atoms with E-state index in [9.17, 15) is 10.1 Å². The molecule has 0 unspecified atom stereocenters. The Balaban J connectivity index is 3.12. The number of nitrogens with two attached hydrogens (primary N) is 1. The van der Waals surface area contributed by atoms with E-state index in [-0.39, 0.29) is 5.69 Å². The average molecular weight is 169 g/mol. The minimum Gasteiger partial charge on any atom is -0.502 e. The summed E-state index contributed by atoms with van der Waals surface area (Å²) in [5.74, 6) is 4.61. The molecule has 0 spiro atoms.